The van der Waals surface area contributed by atoms with Crippen molar-refractivity contribution in [2.24, 2.45) is 28.9 Å². The third-order valence-corrected chi connectivity index (χ3v) is 4.54. The Bertz CT molecular complexity index is 260. The molecule has 3 nitrogen and oxygen atoms in total. The molecule has 3 heteroatoms. The maximum absolute atomic E-state index is 12.6. The molecule has 0 aliphatic carbocycles. The van der Waals surface area contributed by atoms with Gasteiger partial charge in [0.2, 0.25) is 5.91 Å². The highest BCUT2D eigenvalue weighted by Crippen LogP contribution is 2.29. The fourth-order valence-electron chi connectivity index (χ4n) is 3.25. The van der Waals surface area contributed by atoms with Crippen molar-refractivity contribution in [2.45, 2.75) is 67.2 Å². The molecule has 0 saturated heterocycles. The first-order valence-electron chi connectivity index (χ1n) is 8.33. The number of hydrogen-bond donors (Lipinski definition) is 2. The molecule has 0 aromatic carbocycles. The maximum atomic E-state index is 12.6. The molecule has 0 unspecified atom stereocenters. The van der Waals surface area contributed by atoms with Crippen LogP contribution in [0.2, 0.25) is 0 Å². The van der Waals surface area contributed by atoms with E-state index in [0.29, 0.717) is 24.3 Å². The smallest absolute Gasteiger partial charge is 0.227 e. The zero-order chi connectivity index (χ0) is 15.8. The van der Waals surface area contributed by atoms with E-state index in [1.54, 1.807) is 0 Å². The quantitative estimate of drug-likeness (QED) is 0.644. The second-order valence-electron chi connectivity index (χ2n) is 6.85. The van der Waals surface area contributed by atoms with Gasteiger partial charge >= 0.3 is 0 Å². The van der Waals surface area contributed by atoms with Crippen molar-refractivity contribution in [3.05, 3.63) is 0 Å². The van der Waals surface area contributed by atoms with Crippen LogP contribution in [-0.4, -0.2) is 19.0 Å². The summed E-state index contributed by atoms with van der Waals surface area (Å²) in [6.07, 6.45) is 3.78. The molecule has 0 radical (unpaired) electrons. The standard InChI is InChI=1S/C17H36N2O/c1-7-9-17(12-18,10-8-2)16(20)19-11-15(13(3)4)14(5)6/h13-15H,7-12,18H2,1-6H3,(H,19,20). The fourth-order valence-corrected chi connectivity index (χ4v) is 3.25. The summed E-state index contributed by atoms with van der Waals surface area (Å²) in [5.41, 5.74) is 5.59. The average molecular weight is 284 g/mol. The van der Waals surface area contributed by atoms with Crippen LogP contribution in [0.3, 0.4) is 0 Å². The van der Waals surface area contributed by atoms with Crippen molar-refractivity contribution in [3.63, 3.8) is 0 Å². The van der Waals surface area contributed by atoms with Crippen LogP contribution in [-0.2, 0) is 4.79 Å². The molecule has 3 N–H and O–H groups in total. The predicted molar refractivity (Wildman–Crippen MR) is 87.5 cm³/mol. The molecular weight excluding hydrogens is 248 g/mol. The SMILES string of the molecule is CCCC(CN)(CCC)C(=O)NCC(C(C)C)C(C)C. The predicted octanol–water partition coefficient (Wildman–Crippen LogP) is 3.58. The van der Waals surface area contributed by atoms with Crippen molar-refractivity contribution in [1.82, 2.24) is 5.32 Å². The van der Waals surface area contributed by atoms with Gasteiger partial charge in [-0.25, -0.2) is 0 Å². The van der Waals surface area contributed by atoms with Crippen LogP contribution >= 0.6 is 0 Å². The largest absolute Gasteiger partial charge is 0.355 e. The van der Waals surface area contributed by atoms with E-state index in [0.717, 1.165) is 32.2 Å². The average Bonchev–Trinajstić information content (AvgIpc) is 2.37. The summed E-state index contributed by atoms with van der Waals surface area (Å²) < 4.78 is 0. The minimum absolute atomic E-state index is 0.162. The first kappa shape index (κ1) is 19.4. The third-order valence-electron chi connectivity index (χ3n) is 4.54. The van der Waals surface area contributed by atoms with E-state index in [1.165, 1.54) is 0 Å². The first-order chi connectivity index (χ1) is 9.34. The number of amides is 1. The minimum Gasteiger partial charge on any atom is -0.355 e. The molecule has 1 amide bonds. The van der Waals surface area contributed by atoms with Crippen LogP contribution in [0.1, 0.15) is 67.2 Å². The molecule has 0 fully saturated rings. The highest BCUT2D eigenvalue weighted by molar-refractivity contribution is 5.82. The normalized spacial score (nSPS) is 12.5. The van der Waals surface area contributed by atoms with Gasteiger partial charge in [-0.05, 0) is 30.6 Å². The zero-order valence-electron chi connectivity index (χ0n) is 14.5. The summed E-state index contributed by atoms with van der Waals surface area (Å²) in [5.74, 6) is 1.85. The lowest BCUT2D eigenvalue weighted by Gasteiger charge is -2.33. The van der Waals surface area contributed by atoms with Crippen molar-refractivity contribution in [1.29, 1.82) is 0 Å². The Morgan fingerprint density at radius 1 is 1.05 bits per heavy atom. The number of carbonyl (C=O) groups excluding carboxylic acids is 1. The lowest BCUT2D eigenvalue weighted by atomic mass is 9.78. The molecule has 120 valence electrons. The molecule has 0 aromatic heterocycles. The molecular formula is C17H36N2O. The van der Waals surface area contributed by atoms with Gasteiger partial charge in [0.1, 0.15) is 0 Å². The highest BCUT2D eigenvalue weighted by atomic mass is 16.2. The Balaban J connectivity index is 4.75. The van der Waals surface area contributed by atoms with E-state index in [2.05, 4.69) is 46.9 Å². The summed E-state index contributed by atoms with van der Waals surface area (Å²) in [5, 5.41) is 3.19. The zero-order valence-corrected chi connectivity index (χ0v) is 14.5. The van der Waals surface area contributed by atoms with Gasteiger partial charge in [-0.1, -0.05) is 54.4 Å². The van der Waals surface area contributed by atoms with Gasteiger partial charge in [-0.15, -0.1) is 0 Å². The molecule has 0 aliphatic heterocycles. The van der Waals surface area contributed by atoms with Crippen LogP contribution in [0.5, 0.6) is 0 Å². The molecule has 0 heterocycles. The summed E-state index contributed by atoms with van der Waals surface area (Å²) >= 11 is 0. The molecule has 0 spiro atoms. The van der Waals surface area contributed by atoms with E-state index in [9.17, 15) is 4.79 Å². The Kier molecular flexibility index (Phi) is 9.11. The van der Waals surface area contributed by atoms with E-state index in [1.807, 2.05) is 0 Å². The number of rotatable bonds is 10. The van der Waals surface area contributed by atoms with Gasteiger partial charge in [0, 0.05) is 13.1 Å². The van der Waals surface area contributed by atoms with Crippen LogP contribution in [0.4, 0.5) is 0 Å². The van der Waals surface area contributed by atoms with Gasteiger partial charge in [-0.3, -0.25) is 4.79 Å². The van der Waals surface area contributed by atoms with E-state index < -0.39 is 0 Å². The highest BCUT2D eigenvalue weighted by Gasteiger charge is 2.35. The van der Waals surface area contributed by atoms with Gasteiger partial charge in [0.25, 0.3) is 0 Å². The van der Waals surface area contributed by atoms with Crippen molar-refractivity contribution < 1.29 is 4.79 Å². The van der Waals surface area contributed by atoms with Gasteiger partial charge < -0.3 is 11.1 Å². The summed E-state index contributed by atoms with van der Waals surface area (Å²) in [4.78, 5) is 12.6. The monoisotopic (exact) mass is 284 g/mol. The Labute approximate surface area is 126 Å². The Morgan fingerprint density at radius 3 is 1.80 bits per heavy atom. The molecule has 20 heavy (non-hydrogen) atoms. The number of nitrogens with two attached hydrogens (primary N) is 1. The molecule has 0 aliphatic rings. The van der Waals surface area contributed by atoms with Crippen LogP contribution in [0.25, 0.3) is 0 Å². The number of carbonyl (C=O) groups is 1. The van der Waals surface area contributed by atoms with Gasteiger partial charge in [-0.2, -0.15) is 0 Å². The van der Waals surface area contributed by atoms with E-state index in [4.69, 9.17) is 5.73 Å². The summed E-state index contributed by atoms with van der Waals surface area (Å²) in [6.45, 7) is 14.4. The van der Waals surface area contributed by atoms with Gasteiger partial charge in [0.15, 0.2) is 0 Å². The van der Waals surface area contributed by atoms with E-state index >= 15 is 0 Å². The maximum Gasteiger partial charge on any atom is 0.227 e. The molecule has 0 atom stereocenters. The molecule has 0 rings (SSSR count). The lowest BCUT2D eigenvalue weighted by Crippen LogP contribution is -2.48. The van der Waals surface area contributed by atoms with Crippen molar-refractivity contribution in [3.8, 4) is 0 Å². The van der Waals surface area contributed by atoms with Crippen molar-refractivity contribution in [2.75, 3.05) is 13.1 Å². The third kappa shape index (κ3) is 5.43. The first-order valence-corrected chi connectivity index (χ1v) is 8.33. The Hall–Kier alpha value is -0.570. The van der Waals surface area contributed by atoms with Gasteiger partial charge in [0.05, 0.1) is 5.41 Å². The lowest BCUT2D eigenvalue weighted by molar-refractivity contribution is -0.131. The number of hydrogen-bond acceptors (Lipinski definition) is 2. The second-order valence-corrected chi connectivity index (χ2v) is 6.85. The summed E-state index contributed by atoms with van der Waals surface area (Å²) in [6, 6.07) is 0. The van der Waals surface area contributed by atoms with E-state index in [-0.39, 0.29) is 11.3 Å². The van der Waals surface area contributed by atoms with Crippen molar-refractivity contribution >= 4 is 5.91 Å². The minimum atomic E-state index is -0.359. The second kappa shape index (κ2) is 9.38. The number of nitrogens with one attached hydrogen (secondary N) is 1. The molecule has 0 saturated carbocycles. The molecule has 0 bridgehead atoms. The van der Waals surface area contributed by atoms with Crippen LogP contribution in [0.15, 0.2) is 0 Å². The Morgan fingerprint density at radius 2 is 1.50 bits per heavy atom. The fraction of sp³-hybridized carbons (Fsp3) is 0.941. The topological polar surface area (TPSA) is 55.1 Å². The van der Waals surface area contributed by atoms with Crippen LogP contribution < -0.4 is 11.1 Å². The molecule has 0 aromatic rings. The van der Waals surface area contributed by atoms with Crippen LogP contribution in [0, 0.1) is 23.2 Å². The summed E-state index contributed by atoms with van der Waals surface area (Å²) in [7, 11) is 0.